The zero-order valence-corrected chi connectivity index (χ0v) is 30.1. The highest BCUT2D eigenvalue weighted by Gasteiger charge is 2.44. The van der Waals surface area contributed by atoms with Crippen molar-refractivity contribution in [2.24, 2.45) is 11.8 Å². The van der Waals surface area contributed by atoms with Gasteiger partial charge in [-0.2, -0.15) is 0 Å². The number of aliphatic hydroxyl groups excluding tert-OH is 1. The number of aromatic hydroxyl groups is 1. The third kappa shape index (κ3) is 9.64. The molecule has 1 amide bonds. The predicted molar refractivity (Wildman–Crippen MR) is 200 cm³/mol. The van der Waals surface area contributed by atoms with E-state index in [9.17, 15) is 24.9 Å². The number of nitrogens with one attached hydrogen (secondary N) is 2. The van der Waals surface area contributed by atoms with Gasteiger partial charge in [-0.05, 0) is 105 Å². The molecule has 0 spiro atoms. The van der Waals surface area contributed by atoms with E-state index < -0.39 is 12.2 Å². The number of rotatable bonds is 18. The van der Waals surface area contributed by atoms with Crippen molar-refractivity contribution in [1.29, 1.82) is 0 Å². The first kappa shape index (κ1) is 37.2. The highest BCUT2D eigenvalue weighted by molar-refractivity contribution is 5.87. The Labute approximate surface area is 302 Å². The van der Waals surface area contributed by atoms with Crippen molar-refractivity contribution in [3.05, 3.63) is 70.0 Å². The Morgan fingerprint density at radius 2 is 1.69 bits per heavy atom. The van der Waals surface area contributed by atoms with E-state index >= 15 is 0 Å². The van der Waals surface area contributed by atoms with Crippen LogP contribution in [0.4, 0.5) is 4.79 Å². The fourth-order valence-corrected chi connectivity index (χ4v) is 8.94. The van der Waals surface area contributed by atoms with Crippen molar-refractivity contribution in [3.8, 4) is 11.5 Å². The van der Waals surface area contributed by atoms with E-state index in [1.165, 1.54) is 50.7 Å². The molecule has 10 heteroatoms. The quantitative estimate of drug-likeness (QED) is 0.0868. The van der Waals surface area contributed by atoms with Gasteiger partial charge in [0.1, 0.15) is 11.5 Å². The van der Waals surface area contributed by atoms with Crippen LogP contribution in [-0.2, 0) is 0 Å². The Morgan fingerprint density at radius 3 is 2.41 bits per heavy atom. The fourth-order valence-electron chi connectivity index (χ4n) is 8.94. The first-order chi connectivity index (χ1) is 24.9. The van der Waals surface area contributed by atoms with Crippen molar-refractivity contribution in [1.82, 2.24) is 20.1 Å². The number of fused-ring (bicyclic) bond motifs is 4. The third-order valence-corrected chi connectivity index (χ3v) is 11.7. The number of piperidine rings is 3. The Balaban J connectivity index is 0.893. The molecule has 51 heavy (non-hydrogen) atoms. The molecular formula is C41H58N4O6. The summed E-state index contributed by atoms with van der Waals surface area (Å²) in [6, 6.07) is 14.5. The molecule has 4 heterocycles. The number of nitrogens with zero attached hydrogens (tertiary/aromatic N) is 2. The molecular weight excluding hydrogens is 644 g/mol. The van der Waals surface area contributed by atoms with Gasteiger partial charge in [0.2, 0.25) is 5.56 Å². The molecule has 3 aliphatic heterocycles. The Kier molecular flexibility index (Phi) is 13.3. The summed E-state index contributed by atoms with van der Waals surface area (Å²) in [7, 11) is 0. The number of hydrogen-bond acceptors (Lipinski definition) is 7. The van der Waals surface area contributed by atoms with Gasteiger partial charge in [0.15, 0.2) is 0 Å². The Hall–Kier alpha value is -3.60. The maximum absolute atomic E-state index is 13.0. The van der Waals surface area contributed by atoms with Crippen molar-refractivity contribution in [2.45, 2.75) is 108 Å². The van der Waals surface area contributed by atoms with Gasteiger partial charge in [-0.3, -0.25) is 9.69 Å². The highest BCUT2D eigenvalue weighted by Crippen LogP contribution is 2.43. The predicted octanol–water partition coefficient (Wildman–Crippen LogP) is 7.36. The molecule has 1 aromatic heterocycles. The molecule has 10 nitrogen and oxygen atoms in total. The smallest absolute Gasteiger partial charge is 0.408 e. The molecule has 1 unspecified atom stereocenters. The van der Waals surface area contributed by atoms with E-state index in [4.69, 9.17) is 4.74 Å². The molecule has 3 aromatic rings. The van der Waals surface area contributed by atoms with Gasteiger partial charge in [-0.1, -0.05) is 69.6 Å². The minimum atomic E-state index is -0.773. The van der Waals surface area contributed by atoms with Crippen LogP contribution in [0.1, 0.15) is 113 Å². The van der Waals surface area contributed by atoms with Crippen LogP contribution in [0.25, 0.3) is 10.9 Å². The zero-order valence-electron chi connectivity index (χ0n) is 30.1. The normalized spacial score (nSPS) is 21.8. The number of pyridine rings is 1. The Bertz CT molecular complexity index is 1620. The molecule has 278 valence electrons. The molecule has 5 N–H and O–H groups in total. The number of aliphatic hydroxyl groups is 1. The summed E-state index contributed by atoms with van der Waals surface area (Å²) in [6.07, 6.45) is 14.3. The number of hydrogen-bond donors (Lipinski definition) is 5. The van der Waals surface area contributed by atoms with Gasteiger partial charge < -0.3 is 35.3 Å². The first-order valence-corrected chi connectivity index (χ1v) is 19.6. The van der Waals surface area contributed by atoms with E-state index in [0.717, 1.165) is 88.9 Å². The maximum Gasteiger partial charge on any atom is 0.408 e. The van der Waals surface area contributed by atoms with Gasteiger partial charge in [0.25, 0.3) is 0 Å². The van der Waals surface area contributed by atoms with Crippen LogP contribution in [0.15, 0.2) is 53.3 Å². The van der Waals surface area contributed by atoms with Crippen molar-refractivity contribution in [2.75, 3.05) is 39.3 Å². The number of carboxylic acid groups (broad SMARTS) is 1. The molecule has 3 saturated heterocycles. The van der Waals surface area contributed by atoms with Crippen LogP contribution in [0.5, 0.6) is 11.5 Å². The lowest BCUT2D eigenvalue weighted by Crippen LogP contribution is -2.60. The number of amides is 1. The van der Waals surface area contributed by atoms with Crippen LogP contribution in [0.2, 0.25) is 0 Å². The maximum atomic E-state index is 13.0. The second-order valence-electron chi connectivity index (χ2n) is 15.1. The average molecular weight is 703 g/mol. The Morgan fingerprint density at radius 1 is 0.941 bits per heavy atom. The summed E-state index contributed by atoms with van der Waals surface area (Å²) in [5.74, 6) is 1.65. The lowest BCUT2D eigenvalue weighted by Gasteiger charge is -2.51. The number of carbonyl (C=O) groups is 1. The van der Waals surface area contributed by atoms with Crippen molar-refractivity contribution in [3.63, 3.8) is 0 Å². The number of benzene rings is 2. The van der Waals surface area contributed by atoms with Gasteiger partial charge in [0.05, 0.1) is 30.3 Å². The topological polar surface area (TPSA) is 138 Å². The molecule has 3 atom stereocenters. The summed E-state index contributed by atoms with van der Waals surface area (Å²) < 4.78 is 6.25. The summed E-state index contributed by atoms with van der Waals surface area (Å²) >= 11 is 0. The van der Waals surface area contributed by atoms with E-state index in [1.54, 1.807) is 12.1 Å². The van der Waals surface area contributed by atoms with Crippen LogP contribution in [0, 0.1) is 11.8 Å². The average Bonchev–Trinajstić information content (AvgIpc) is 3.15. The number of ether oxygens (including phenoxy) is 1. The van der Waals surface area contributed by atoms with Crippen molar-refractivity contribution < 1.29 is 24.9 Å². The van der Waals surface area contributed by atoms with Gasteiger partial charge in [-0.25, -0.2) is 4.79 Å². The molecule has 7 rings (SSSR count). The molecule has 4 fully saturated rings. The second kappa shape index (κ2) is 18.2. The highest BCUT2D eigenvalue weighted by atomic mass is 16.5. The van der Waals surface area contributed by atoms with Gasteiger partial charge in [-0.15, -0.1) is 0 Å². The van der Waals surface area contributed by atoms with Crippen LogP contribution in [0.3, 0.4) is 0 Å². The third-order valence-electron chi connectivity index (χ3n) is 11.7. The van der Waals surface area contributed by atoms with E-state index in [-0.39, 0.29) is 23.4 Å². The number of unbranched alkanes of at least 4 members (excludes halogenated alkanes) is 6. The van der Waals surface area contributed by atoms with Crippen molar-refractivity contribution >= 4 is 17.0 Å². The number of H-pyrrole nitrogens is 1. The molecule has 1 aliphatic carbocycles. The number of aromatic amines is 1. The molecule has 2 bridgehead atoms. The number of aromatic nitrogens is 1. The lowest BCUT2D eigenvalue weighted by molar-refractivity contribution is -0.0215. The second-order valence-corrected chi connectivity index (χ2v) is 15.1. The first-order valence-electron chi connectivity index (χ1n) is 19.6. The van der Waals surface area contributed by atoms with Gasteiger partial charge >= 0.3 is 6.09 Å². The summed E-state index contributed by atoms with van der Waals surface area (Å²) in [5, 5.41) is 35.4. The van der Waals surface area contributed by atoms with Gasteiger partial charge in [0, 0.05) is 24.5 Å². The summed E-state index contributed by atoms with van der Waals surface area (Å²) in [5.41, 5.74) is 1.83. The van der Waals surface area contributed by atoms with Crippen LogP contribution in [-0.4, -0.2) is 81.6 Å². The van der Waals surface area contributed by atoms with Crippen LogP contribution >= 0.6 is 0 Å². The minimum Gasteiger partial charge on any atom is -0.506 e. The molecule has 0 radical (unpaired) electrons. The number of phenolic OH excluding ortho intramolecular Hbond substituents is 1. The fraction of sp³-hybridized carbons (Fsp3) is 0.610. The van der Waals surface area contributed by atoms with Crippen LogP contribution < -0.4 is 15.6 Å². The molecule has 4 aliphatic rings. The SMILES string of the molecule is O=C(O)N(C1CN2CCC1CC2)[C@@H](c1cccc(OCCCCCCCCCNC[C@H](O)c2ccc(O)c3[nH]c(=O)ccc23)c1)C1CCCCC1. The van der Waals surface area contributed by atoms with E-state index in [0.29, 0.717) is 41.5 Å². The lowest BCUT2D eigenvalue weighted by atomic mass is 9.77. The molecule has 1 saturated carbocycles. The molecule has 2 aromatic carbocycles. The summed E-state index contributed by atoms with van der Waals surface area (Å²) in [6.45, 7) is 4.96. The minimum absolute atomic E-state index is 0.00679. The van der Waals surface area contributed by atoms with E-state index in [2.05, 4.69) is 27.3 Å². The van der Waals surface area contributed by atoms with E-state index in [1.807, 2.05) is 17.0 Å². The number of phenols is 1. The monoisotopic (exact) mass is 702 g/mol. The largest absolute Gasteiger partial charge is 0.506 e. The zero-order chi connectivity index (χ0) is 35.6. The standard InChI is InChI=1S/C41H58N4O6/c46-36-18-16-33(34-17-19-38(48)43-39(34)36)37(47)27-42-22-9-4-2-1-3-5-10-25-51-32-15-11-14-31(26-32)40(30-12-7-6-8-13-30)45(41(49)50)35-28-44-23-20-29(35)21-24-44/h11,14-19,26,29-30,35,37,40,42,46-47H,1-10,12-13,20-25,27-28H2,(H,43,48)(H,49,50)/t35?,37-,40+/m0/s1. The summed E-state index contributed by atoms with van der Waals surface area (Å²) in [4.78, 5) is 31.6.